The zero-order chi connectivity index (χ0) is 12.1. The van der Waals surface area contributed by atoms with Gasteiger partial charge in [-0.05, 0) is 33.1 Å². The minimum absolute atomic E-state index is 0. The van der Waals surface area contributed by atoms with Crippen molar-refractivity contribution in [1.29, 1.82) is 0 Å². The van der Waals surface area contributed by atoms with Gasteiger partial charge < -0.3 is 10.2 Å². The largest absolute Gasteiger partial charge is 0.354 e. The van der Waals surface area contributed by atoms with Gasteiger partial charge in [-0.15, -0.1) is 0 Å². The van der Waals surface area contributed by atoms with Crippen molar-refractivity contribution in [3.8, 4) is 0 Å². The standard InChI is InChI=1S/C13H27N3.H2/c1-6-11(4)9-16-8-7-12(5)15-13(16)14-10(2)3;/h10-12H,6-9H2,1-5H3,(H,14,15);1H. The highest BCUT2D eigenvalue weighted by molar-refractivity contribution is 5.81. The van der Waals surface area contributed by atoms with Crippen molar-refractivity contribution in [2.45, 2.75) is 59.5 Å². The van der Waals surface area contributed by atoms with Gasteiger partial charge in [0.25, 0.3) is 0 Å². The summed E-state index contributed by atoms with van der Waals surface area (Å²) in [4.78, 5) is 7.13. The first-order valence-electron chi connectivity index (χ1n) is 6.62. The molecule has 0 spiro atoms. The van der Waals surface area contributed by atoms with E-state index in [1.54, 1.807) is 0 Å². The van der Waals surface area contributed by atoms with Crippen LogP contribution >= 0.6 is 0 Å². The van der Waals surface area contributed by atoms with E-state index in [-0.39, 0.29) is 1.43 Å². The van der Waals surface area contributed by atoms with Crippen molar-refractivity contribution in [2.24, 2.45) is 10.9 Å². The van der Waals surface area contributed by atoms with Gasteiger partial charge in [0.2, 0.25) is 0 Å². The van der Waals surface area contributed by atoms with Gasteiger partial charge in [-0.3, -0.25) is 0 Å². The van der Waals surface area contributed by atoms with Gasteiger partial charge in [-0.25, -0.2) is 4.99 Å². The molecular weight excluding hydrogens is 198 g/mol. The van der Waals surface area contributed by atoms with E-state index in [0.29, 0.717) is 12.1 Å². The molecule has 0 saturated heterocycles. The summed E-state index contributed by atoms with van der Waals surface area (Å²) in [6, 6.07) is 0.929. The Bertz CT molecular complexity index is 241. The fourth-order valence-electron chi connectivity index (χ4n) is 1.87. The molecule has 0 aliphatic carbocycles. The minimum atomic E-state index is 0. The van der Waals surface area contributed by atoms with E-state index in [1.807, 2.05) is 0 Å². The lowest BCUT2D eigenvalue weighted by molar-refractivity contribution is 0.304. The lowest BCUT2D eigenvalue weighted by atomic mass is 10.1. The Morgan fingerprint density at radius 3 is 2.75 bits per heavy atom. The first kappa shape index (κ1) is 13.3. The van der Waals surface area contributed by atoms with Gasteiger partial charge in [0, 0.05) is 20.6 Å². The molecule has 0 aromatic rings. The number of rotatable bonds is 4. The van der Waals surface area contributed by atoms with Gasteiger partial charge in [0.05, 0.1) is 6.04 Å². The maximum absolute atomic E-state index is 4.72. The van der Waals surface area contributed by atoms with E-state index < -0.39 is 0 Å². The molecule has 1 aliphatic heterocycles. The third-order valence-corrected chi connectivity index (χ3v) is 3.11. The zero-order valence-corrected chi connectivity index (χ0v) is 11.5. The van der Waals surface area contributed by atoms with E-state index in [9.17, 15) is 0 Å². The fourth-order valence-corrected chi connectivity index (χ4v) is 1.87. The van der Waals surface area contributed by atoms with Gasteiger partial charge >= 0.3 is 0 Å². The molecule has 2 unspecified atom stereocenters. The topological polar surface area (TPSA) is 27.6 Å². The van der Waals surface area contributed by atoms with E-state index in [4.69, 9.17) is 4.99 Å². The second-order valence-corrected chi connectivity index (χ2v) is 5.35. The van der Waals surface area contributed by atoms with Gasteiger partial charge in [-0.1, -0.05) is 20.3 Å². The van der Waals surface area contributed by atoms with Crippen LogP contribution in [0.5, 0.6) is 0 Å². The summed E-state index contributed by atoms with van der Waals surface area (Å²) >= 11 is 0. The van der Waals surface area contributed by atoms with Crippen molar-refractivity contribution < 1.29 is 1.43 Å². The van der Waals surface area contributed by atoms with Crippen LogP contribution in [0.4, 0.5) is 0 Å². The molecule has 0 saturated carbocycles. The summed E-state index contributed by atoms with van der Waals surface area (Å²) in [7, 11) is 0. The summed E-state index contributed by atoms with van der Waals surface area (Å²) in [5, 5.41) is 3.47. The maximum atomic E-state index is 4.72. The summed E-state index contributed by atoms with van der Waals surface area (Å²) in [5.74, 6) is 1.85. The van der Waals surface area contributed by atoms with Crippen molar-refractivity contribution in [3.63, 3.8) is 0 Å². The molecule has 0 fully saturated rings. The lowest BCUT2D eigenvalue weighted by Gasteiger charge is -2.34. The van der Waals surface area contributed by atoms with Crippen LogP contribution in [-0.2, 0) is 0 Å². The van der Waals surface area contributed by atoms with Crippen LogP contribution < -0.4 is 5.32 Å². The molecule has 1 heterocycles. The van der Waals surface area contributed by atoms with E-state index in [2.05, 4.69) is 44.8 Å². The second kappa shape index (κ2) is 6.12. The number of nitrogens with one attached hydrogen (secondary N) is 1. The molecule has 16 heavy (non-hydrogen) atoms. The Balaban J connectivity index is 0.00000256. The van der Waals surface area contributed by atoms with Crippen LogP contribution in [-0.4, -0.2) is 36.0 Å². The summed E-state index contributed by atoms with van der Waals surface area (Å²) in [5.41, 5.74) is 0. The van der Waals surface area contributed by atoms with Crippen LogP contribution in [0.25, 0.3) is 0 Å². The molecule has 3 heteroatoms. The average Bonchev–Trinajstić information content (AvgIpc) is 2.21. The van der Waals surface area contributed by atoms with Crippen LogP contribution in [0.2, 0.25) is 0 Å². The highest BCUT2D eigenvalue weighted by Crippen LogP contribution is 2.12. The third-order valence-electron chi connectivity index (χ3n) is 3.11. The minimum Gasteiger partial charge on any atom is -0.354 e. The molecule has 1 rings (SSSR count). The third kappa shape index (κ3) is 4.03. The molecule has 2 atom stereocenters. The molecular formula is C13H29N3. The van der Waals surface area contributed by atoms with E-state index in [0.717, 1.165) is 25.0 Å². The van der Waals surface area contributed by atoms with Crippen LogP contribution in [0.3, 0.4) is 0 Å². The summed E-state index contributed by atoms with van der Waals surface area (Å²) in [6.07, 6.45) is 2.42. The maximum Gasteiger partial charge on any atom is 0.194 e. The molecule has 96 valence electrons. The first-order valence-corrected chi connectivity index (χ1v) is 6.62. The second-order valence-electron chi connectivity index (χ2n) is 5.35. The zero-order valence-electron chi connectivity index (χ0n) is 11.5. The molecule has 0 bridgehead atoms. The highest BCUT2D eigenvalue weighted by atomic mass is 15.3. The van der Waals surface area contributed by atoms with Crippen LogP contribution in [0.1, 0.15) is 48.9 Å². The smallest absolute Gasteiger partial charge is 0.194 e. The van der Waals surface area contributed by atoms with Crippen molar-refractivity contribution >= 4 is 5.96 Å². The SMILES string of the molecule is CCC(C)CN1CCC(C)N=C1NC(C)C.[HH]. The molecule has 0 amide bonds. The molecule has 3 nitrogen and oxygen atoms in total. The van der Waals surface area contributed by atoms with Crippen molar-refractivity contribution in [1.82, 2.24) is 10.2 Å². The predicted molar refractivity (Wildman–Crippen MR) is 72.9 cm³/mol. The molecule has 1 aliphatic rings. The van der Waals surface area contributed by atoms with E-state index in [1.165, 1.54) is 12.8 Å². The Hall–Kier alpha value is -0.730. The predicted octanol–water partition coefficient (Wildman–Crippen LogP) is 2.73. The van der Waals surface area contributed by atoms with Gasteiger partial charge in [-0.2, -0.15) is 0 Å². The fraction of sp³-hybridized carbons (Fsp3) is 0.923. The molecule has 0 radical (unpaired) electrons. The number of hydrogen-bond acceptors (Lipinski definition) is 3. The Morgan fingerprint density at radius 1 is 1.50 bits per heavy atom. The summed E-state index contributed by atoms with van der Waals surface area (Å²) < 4.78 is 0. The normalized spacial score (nSPS) is 23.2. The van der Waals surface area contributed by atoms with Gasteiger partial charge in [0.1, 0.15) is 0 Å². The Morgan fingerprint density at radius 2 is 2.19 bits per heavy atom. The number of aliphatic imine (C=N–C) groups is 1. The number of hydrogen-bond donors (Lipinski definition) is 1. The number of guanidine groups is 1. The average molecular weight is 227 g/mol. The highest BCUT2D eigenvalue weighted by Gasteiger charge is 2.20. The first-order chi connectivity index (χ1) is 7.52. The Labute approximate surface area is 102 Å². The monoisotopic (exact) mass is 227 g/mol. The Kier molecular flexibility index (Phi) is 5.10. The molecule has 0 aromatic carbocycles. The van der Waals surface area contributed by atoms with Gasteiger partial charge in [0.15, 0.2) is 5.96 Å². The molecule has 1 N–H and O–H groups in total. The van der Waals surface area contributed by atoms with Crippen LogP contribution in [0.15, 0.2) is 4.99 Å². The summed E-state index contributed by atoms with van der Waals surface area (Å²) in [6.45, 7) is 13.4. The van der Waals surface area contributed by atoms with Crippen LogP contribution in [0, 0.1) is 5.92 Å². The quantitative estimate of drug-likeness (QED) is 0.799. The van der Waals surface area contributed by atoms with E-state index >= 15 is 0 Å². The van der Waals surface area contributed by atoms with Crippen molar-refractivity contribution in [3.05, 3.63) is 0 Å². The number of nitrogens with zero attached hydrogens (tertiary/aromatic N) is 2. The van der Waals surface area contributed by atoms with Crippen molar-refractivity contribution in [2.75, 3.05) is 13.1 Å². The molecule has 0 aromatic heterocycles. The lowest BCUT2D eigenvalue weighted by Crippen LogP contribution is -2.49.